The quantitative estimate of drug-likeness (QED) is 0.785. The van der Waals surface area contributed by atoms with Crippen molar-refractivity contribution in [3.05, 3.63) is 24.3 Å². The molecule has 18 heavy (non-hydrogen) atoms. The number of sulfonamides is 1. The molecule has 0 radical (unpaired) electrons. The van der Waals surface area contributed by atoms with Crippen molar-refractivity contribution in [2.75, 3.05) is 18.5 Å². The molecule has 0 aliphatic carbocycles. The second kappa shape index (κ2) is 4.68. The van der Waals surface area contributed by atoms with Crippen LogP contribution >= 0.6 is 0 Å². The molecule has 0 bridgehead atoms. The van der Waals surface area contributed by atoms with Gasteiger partial charge < -0.3 is 10.6 Å². The number of nitrogens with zero attached hydrogens (tertiary/aromatic N) is 1. The molecule has 98 valence electrons. The van der Waals surface area contributed by atoms with E-state index in [2.05, 4.69) is 4.72 Å². The molecule has 1 fully saturated rings. The maximum atomic E-state index is 11.9. The van der Waals surface area contributed by atoms with Crippen LogP contribution in [0.2, 0.25) is 0 Å². The Labute approximate surface area is 106 Å². The number of benzene rings is 1. The number of nitrogens with one attached hydrogen (secondary N) is 1. The van der Waals surface area contributed by atoms with E-state index < -0.39 is 10.0 Å². The van der Waals surface area contributed by atoms with Crippen LogP contribution in [0.15, 0.2) is 29.2 Å². The molecule has 1 atom stereocenters. The predicted molar refractivity (Wildman–Crippen MR) is 67.6 cm³/mol. The highest BCUT2D eigenvalue weighted by molar-refractivity contribution is 7.89. The van der Waals surface area contributed by atoms with E-state index in [1.165, 1.54) is 18.0 Å². The largest absolute Gasteiger partial charge is 0.326 e. The summed E-state index contributed by atoms with van der Waals surface area (Å²) >= 11 is 0. The minimum Gasteiger partial charge on any atom is -0.326 e. The first-order valence-electron chi connectivity index (χ1n) is 5.54. The standard InChI is InChI=1S/C11H15N3O3S/c1-13-18(16,17)10-5-3-2-4-9(10)14-7-8(12)6-11(14)15/h2-5,8,13H,6-7,12H2,1H3. The van der Waals surface area contributed by atoms with Gasteiger partial charge in [-0.2, -0.15) is 0 Å². The molecule has 1 unspecified atom stereocenters. The number of anilines is 1. The van der Waals surface area contributed by atoms with Gasteiger partial charge in [-0.15, -0.1) is 0 Å². The van der Waals surface area contributed by atoms with Crippen LogP contribution < -0.4 is 15.4 Å². The first kappa shape index (κ1) is 13.0. The summed E-state index contributed by atoms with van der Waals surface area (Å²) in [5, 5.41) is 0. The molecule has 1 heterocycles. The maximum absolute atomic E-state index is 11.9. The van der Waals surface area contributed by atoms with Gasteiger partial charge in [0.15, 0.2) is 0 Å². The fourth-order valence-electron chi connectivity index (χ4n) is 1.99. The van der Waals surface area contributed by atoms with Crippen molar-refractivity contribution in [2.45, 2.75) is 17.4 Å². The Hall–Kier alpha value is -1.44. The molecule has 7 heteroatoms. The summed E-state index contributed by atoms with van der Waals surface area (Å²) < 4.78 is 26.0. The molecule has 1 saturated heterocycles. The van der Waals surface area contributed by atoms with E-state index in [0.717, 1.165) is 0 Å². The SMILES string of the molecule is CNS(=O)(=O)c1ccccc1N1CC(N)CC1=O. The van der Waals surface area contributed by atoms with E-state index in [0.29, 0.717) is 12.2 Å². The number of amides is 1. The van der Waals surface area contributed by atoms with Gasteiger partial charge in [0.25, 0.3) is 0 Å². The van der Waals surface area contributed by atoms with Gasteiger partial charge in [0.05, 0.1) is 5.69 Å². The molecule has 1 amide bonds. The zero-order chi connectivity index (χ0) is 13.3. The predicted octanol–water partition coefficient (Wildman–Crippen LogP) is -0.341. The van der Waals surface area contributed by atoms with Crippen LogP contribution in [0.25, 0.3) is 0 Å². The van der Waals surface area contributed by atoms with Crippen LogP contribution in [0.5, 0.6) is 0 Å². The smallest absolute Gasteiger partial charge is 0.242 e. The van der Waals surface area contributed by atoms with Crippen molar-refractivity contribution >= 4 is 21.6 Å². The van der Waals surface area contributed by atoms with Crippen molar-refractivity contribution in [1.29, 1.82) is 0 Å². The summed E-state index contributed by atoms with van der Waals surface area (Å²) in [5.41, 5.74) is 6.10. The van der Waals surface area contributed by atoms with E-state index in [9.17, 15) is 13.2 Å². The molecule has 0 saturated carbocycles. The fourth-order valence-corrected chi connectivity index (χ4v) is 2.92. The van der Waals surface area contributed by atoms with E-state index in [1.54, 1.807) is 18.2 Å². The summed E-state index contributed by atoms with van der Waals surface area (Å²) in [6, 6.07) is 6.15. The first-order chi connectivity index (χ1) is 8.45. The van der Waals surface area contributed by atoms with Gasteiger partial charge in [-0.05, 0) is 19.2 Å². The molecule has 1 aliphatic rings. The topological polar surface area (TPSA) is 92.5 Å². The number of carbonyl (C=O) groups excluding carboxylic acids is 1. The lowest BCUT2D eigenvalue weighted by atomic mass is 10.3. The van der Waals surface area contributed by atoms with Gasteiger partial charge in [0, 0.05) is 19.0 Å². The molecule has 1 aromatic rings. The molecule has 3 N–H and O–H groups in total. The third-order valence-electron chi connectivity index (χ3n) is 2.87. The molecular weight excluding hydrogens is 254 g/mol. The van der Waals surface area contributed by atoms with Gasteiger partial charge in [-0.25, -0.2) is 13.1 Å². The summed E-state index contributed by atoms with van der Waals surface area (Å²) in [6.45, 7) is 0.342. The lowest BCUT2D eigenvalue weighted by molar-refractivity contribution is -0.117. The van der Waals surface area contributed by atoms with Crippen molar-refractivity contribution in [1.82, 2.24) is 4.72 Å². The number of hydrogen-bond acceptors (Lipinski definition) is 4. The first-order valence-corrected chi connectivity index (χ1v) is 7.02. The van der Waals surface area contributed by atoms with Crippen LogP contribution in [-0.4, -0.2) is 34.0 Å². The van der Waals surface area contributed by atoms with E-state index in [4.69, 9.17) is 5.73 Å². The van der Waals surface area contributed by atoms with E-state index >= 15 is 0 Å². The van der Waals surface area contributed by atoms with E-state index in [1.807, 2.05) is 0 Å². The van der Waals surface area contributed by atoms with Gasteiger partial charge in [0.1, 0.15) is 4.90 Å². The molecule has 2 rings (SSSR count). The van der Waals surface area contributed by atoms with E-state index in [-0.39, 0.29) is 23.3 Å². The van der Waals surface area contributed by atoms with Crippen molar-refractivity contribution in [3.8, 4) is 0 Å². The molecule has 0 spiro atoms. The minimum absolute atomic E-state index is 0.0925. The highest BCUT2D eigenvalue weighted by Gasteiger charge is 2.31. The van der Waals surface area contributed by atoms with Gasteiger partial charge >= 0.3 is 0 Å². The Morgan fingerprint density at radius 3 is 2.61 bits per heavy atom. The normalized spacial score (nSPS) is 20.4. The second-order valence-corrected chi connectivity index (χ2v) is 6.00. The van der Waals surface area contributed by atoms with Gasteiger partial charge in [-0.1, -0.05) is 12.1 Å². The lowest BCUT2D eigenvalue weighted by Gasteiger charge is -2.19. The second-order valence-electron chi connectivity index (χ2n) is 4.14. The zero-order valence-corrected chi connectivity index (χ0v) is 10.8. The highest BCUT2D eigenvalue weighted by atomic mass is 32.2. The maximum Gasteiger partial charge on any atom is 0.242 e. The lowest BCUT2D eigenvalue weighted by Crippen LogP contribution is -2.30. The number of nitrogens with two attached hydrogens (primary N) is 1. The molecule has 1 aromatic carbocycles. The Bertz CT molecular complexity index is 571. The molecule has 1 aliphatic heterocycles. The number of para-hydroxylation sites is 1. The minimum atomic E-state index is -3.59. The third-order valence-corrected chi connectivity index (χ3v) is 4.33. The van der Waals surface area contributed by atoms with Crippen molar-refractivity contribution < 1.29 is 13.2 Å². The zero-order valence-electron chi connectivity index (χ0n) is 9.96. The number of carbonyl (C=O) groups is 1. The molecule has 6 nitrogen and oxygen atoms in total. The Morgan fingerprint density at radius 2 is 2.06 bits per heavy atom. The summed E-state index contributed by atoms with van der Waals surface area (Å²) in [7, 11) is -2.25. The highest BCUT2D eigenvalue weighted by Crippen LogP contribution is 2.28. The fraction of sp³-hybridized carbons (Fsp3) is 0.364. The van der Waals surface area contributed by atoms with Crippen molar-refractivity contribution in [3.63, 3.8) is 0 Å². The average Bonchev–Trinajstić information content (AvgIpc) is 2.68. The summed E-state index contributed by atoms with van der Waals surface area (Å²) in [5.74, 6) is -0.152. The molecular formula is C11H15N3O3S. The van der Waals surface area contributed by atoms with Crippen LogP contribution in [0.3, 0.4) is 0 Å². The van der Waals surface area contributed by atoms with Gasteiger partial charge in [-0.3, -0.25) is 4.79 Å². The van der Waals surface area contributed by atoms with Crippen molar-refractivity contribution in [2.24, 2.45) is 5.73 Å². The molecule has 0 aromatic heterocycles. The van der Waals surface area contributed by atoms with Gasteiger partial charge in [0.2, 0.25) is 15.9 Å². The Balaban J connectivity index is 2.50. The monoisotopic (exact) mass is 269 g/mol. The number of hydrogen-bond donors (Lipinski definition) is 2. The third kappa shape index (κ3) is 2.24. The average molecular weight is 269 g/mol. The Kier molecular flexibility index (Phi) is 3.38. The number of rotatable bonds is 3. The van der Waals surface area contributed by atoms with Crippen LogP contribution in [0, 0.1) is 0 Å². The summed E-state index contributed by atoms with van der Waals surface area (Å²) in [6.07, 6.45) is 0.244. The van der Waals surface area contributed by atoms with Crippen LogP contribution in [0.4, 0.5) is 5.69 Å². The Morgan fingerprint density at radius 1 is 1.39 bits per heavy atom. The summed E-state index contributed by atoms with van der Waals surface area (Å²) in [4.78, 5) is 13.3. The van der Waals surface area contributed by atoms with Crippen LogP contribution in [0.1, 0.15) is 6.42 Å². The van der Waals surface area contributed by atoms with Crippen LogP contribution in [-0.2, 0) is 14.8 Å².